The van der Waals surface area contributed by atoms with Crippen LogP contribution in [0, 0.1) is 5.82 Å². The molecule has 0 bridgehead atoms. The molecule has 1 saturated heterocycles. The molecule has 1 unspecified atom stereocenters. The maximum absolute atomic E-state index is 14.6. The molecule has 1 aromatic carbocycles. The van der Waals surface area contributed by atoms with Crippen LogP contribution < -0.4 is 10.6 Å². The first kappa shape index (κ1) is 17.1. The number of anilines is 1. The molecule has 0 spiro atoms. The number of rotatable bonds is 4. The van der Waals surface area contributed by atoms with Crippen molar-refractivity contribution in [1.82, 2.24) is 0 Å². The molecule has 0 aromatic heterocycles. The molecule has 1 atom stereocenters. The average Bonchev–Trinajstić information content (AvgIpc) is 2.50. The molecule has 1 aliphatic heterocycles. The third-order valence-electron chi connectivity index (χ3n) is 3.57. The normalized spacial score (nSPS) is 19.8. The van der Waals surface area contributed by atoms with Gasteiger partial charge < -0.3 is 10.6 Å². The molecule has 1 aromatic rings. The number of sulfone groups is 1. The summed E-state index contributed by atoms with van der Waals surface area (Å²) in [5.41, 5.74) is 6.54. The molecule has 0 amide bonds. The standard InChI is InChI=1S/C13H18BrFN2O2S2/c1-2-21(18,19)11-8-20-6-5-17(11)10-4-3-9(7-16)12(14)13(10)15/h3-4,11H,2,5-8,16H2,1H3. The molecular formula is C13H18BrFN2O2S2. The molecule has 0 radical (unpaired) electrons. The lowest BCUT2D eigenvalue weighted by molar-refractivity contribution is 0.573. The molecule has 4 nitrogen and oxygen atoms in total. The number of nitrogens with two attached hydrogens (primary N) is 1. The summed E-state index contributed by atoms with van der Waals surface area (Å²) in [5.74, 6) is 0.858. The van der Waals surface area contributed by atoms with Crippen LogP contribution in [0.4, 0.5) is 10.1 Å². The van der Waals surface area contributed by atoms with Crippen molar-refractivity contribution in [3.05, 3.63) is 28.0 Å². The Hall–Kier alpha value is -0.310. The summed E-state index contributed by atoms with van der Waals surface area (Å²) in [6.07, 6.45) is 0. The maximum Gasteiger partial charge on any atom is 0.171 e. The Morgan fingerprint density at radius 2 is 2.24 bits per heavy atom. The van der Waals surface area contributed by atoms with Gasteiger partial charge in [0.1, 0.15) is 5.37 Å². The summed E-state index contributed by atoms with van der Waals surface area (Å²) in [7, 11) is -3.27. The second-order valence-corrected chi connectivity index (χ2v) is 9.14. The minimum Gasteiger partial charge on any atom is -0.351 e. The van der Waals surface area contributed by atoms with Gasteiger partial charge in [-0.25, -0.2) is 12.8 Å². The molecule has 0 aliphatic carbocycles. The number of halogens is 2. The van der Waals surface area contributed by atoms with Crippen LogP contribution in [-0.4, -0.2) is 37.6 Å². The third kappa shape index (κ3) is 3.38. The second-order valence-electron chi connectivity index (χ2n) is 4.75. The molecule has 1 heterocycles. The predicted octanol–water partition coefficient (Wildman–Crippen LogP) is 2.36. The molecule has 1 aliphatic rings. The Labute approximate surface area is 137 Å². The van der Waals surface area contributed by atoms with E-state index in [1.165, 1.54) is 0 Å². The quantitative estimate of drug-likeness (QED) is 0.845. The zero-order chi connectivity index (χ0) is 15.6. The SMILES string of the molecule is CCS(=O)(=O)C1CSCCN1c1ccc(CN)c(Br)c1F. The van der Waals surface area contributed by atoms with Crippen molar-refractivity contribution < 1.29 is 12.8 Å². The number of hydrogen-bond acceptors (Lipinski definition) is 5. The van der Waals surface area contributed by atoms with E-state index in [2.05, 4.69) is 15.9 Å². The molecule has 118 valence electrons. The summed E-state index contributed by atoms with van der Waals surface area (Å²) < 4.78 is 39.4. The van der Waals surface area contributed by atoms with Crippen molar-refractivity contribution >= 4 is 43.2 Å². The van der Waals surface area contributed by atoms with Gasteiger partial charge in [-0.3, -0.25) is 0 Å². The number of thioether (sulfide) groups is 1. The van der Waals surface area contributed by atoms with Crippen LogP contribution in [0.3, 0.4) is 0 Å². The van der Waals surface area contributed by atoms with Crippen LogP contribution >= 0.6 is 27.7 Å². The fraction of sp³-hybridized carbons (Fsp3) is 0.538. The molecule has 8 heteroatoms. The van der Waals surface area contributed by atoms with Crippen LogP contribution in [0.5, 0.6) is 0 Å². The Morgan fingerprint density at radius 1 is 1.52 bits per heavy atom. The Balaban J connectivity index is 2.46. The van der Waals surface area contributed by atoms with Crippen molar-refractivity contribution in [1.29, 1.82) is 0 Å². The van der Waals surface area contributed by atoms with E-state index in [4.69, 9.17) is 5.73 Å². The van der Waals surface area contributed by atoms with Gasteiger partial charge in [0.25, 0.3) is 0 Å². The zero-order valence-electron chi connectivity index (χ0n) is 11.7. The summed E-state index contributed by atoms with van der Waals surface area (Å²) >= 11 is 4.80. The van der Waals surface area contributed by atoms with E-state index in [9.17, 15) is 12.8 Å². The van der Waals surface area contributed by atoms with Crippen LogP contribution in [0.15, 0.2) is 16.6 Å². The number of nitrogens with zero attached hydrogens (tertiary/aromatic N) is 1. The Morgan fingerprint density at radius 3 is 2.86 bits per heavy atom. The van der Waals surface area contributed by atoms with Crippen LogP contribution in [-0.2, 0) is 16.4 Å². The maximum atomic E-state index is 14.6. The fourth-order valence-electron chi connectivity index (χ4n) is 2.31. The fourth-order valence-corrected chi connectivity index (χ4v) is 5.79. The van der Waals surface area contributed by atoms with Crippen molar-refractivity contribution in [2.75, 3.05) is 28.7 Å². The summed E-state index contributed by atoms with van der Waals surface area (Å²) in [5, 5.41) is -0.675. The monoisotopic (exact) mass is 396 g/mol. The molecule has 21 heavy (non-hydrogen) atoms. The van der Waals surface area contributed by atoms with Crippen LogP contribution in [0.2, 0.25) is 0 Å². The van der Waals surface area contributed by atoms with Gasteiger partial charge in [0.05, 0.1) is 10.2 Å². The number of hydrogen-bond donors (Lipinski definition) is 1. The van der Waals surface area contributed by atoms with E-state index < -0.39 is 21.0 Å². The summed E-state index contributed by atoms with van der Waals surface area (Å²) in [6.45, 7) is 2.36. The van der Waals surface area contributed by atoms with Gasteiger partial charge in [0.15, 0.2) is 15.7 Å². The highest BCUT2D eigenvalue weighted by Crippen LogP contribution is 2.34. The van der Waals surface area contributed by atoms with E-state index in [-0.39, 0.29) is 12.3 Å². The van der Waals surface area contributed by atoms with E-state index in [1.807, 2.05) is 0 Å². The molecule has 2 N–H and O–H groups in total. The first-order valence-corrected chi connectivity index (χ1v) is 10.3. The lowest BCUT2D eigenvalue weighted by Gasteiger charge is -2.36. The van der Waals surface area contributed by atoms with Crippen molar-refractivity contribution in [2.45, 2.75) is 18.8 Å². The highest BCUT2D eigenvalue weighted by atomic mass is 79.9. The lowest BCUT2D eigenvalue weighted by Crippen LogP contribution is -2.48. The largest absolute Gasteiger partial charge is 0.351 e. The Kier molecular flexibility index (Phi) is 5.56. The van der Waals surface area contributed by atoms with Gasteiger partial charge in [-0.15, -0.1) is 0 Å². The first-order valence-electron chi connectivity index (χ1n) is 6.65. The van der Waals surface area contributed by atoms with Gasteiger partial charge in [-0.05, 0) is 27.6 Å². The van der Waals surface area contributed by atoms with Crippen molar-refractivity contribution in [2.24, 2.45) is 5.73 Å². The predicted molar refractivity (Wildman–Crippen MR) is 89.9 cm³/mol. The van der Waals surface area contributed by atoms with E-state index in [1.54, 1.807) is 35.7 Å². The smallest absolute Gasteiger partial charge is 0.171 e. The summed E-state index contributed by atoms with van der Waals surface area (Å²) in [4.78, 5) is 1.66. The van der Waals surface area contributed by atoms with Crippen LogP contribution in [0.1, 0.15) is 12.5 Å². The van der Waals surface area contributed by atoms with Gasteiger partial charge in [-0.2, -0.15) is 11.8 Å². The van der Waals surface area contributed by atoms with E-state index in [0.29, 0.717) is 28.0 Å². The average molecular weight is 397 g/mol. The lowest BCUT2D eigenvalue weighted by atomic mass is 10.2. The third-order valence-corrected chi connectivity index (χ3v) is 7.72. The summed E-state index contributed by atoms with van der Waals surface area (Å²) in [6, 6.07) is 3.36. The van der Waals surface area contributed by atoms with E-state index >= 15 is 0 Å². The van der Waals surface area contributed by atoms with Crippen molar-refractivity contribution in [3.63, 3.8) is 0 Å². The van der Waals surface area contributed by atoms with Gasteiger partial charge in [0, 0.05) is 30.3 Å². The second kappa shape index (κ2) is 6.85. The van der Waals surface area contributed by atoms with Gasteiger partial charge in [0.2, 0.25) is 0 Å². The first-order chi connectivity index (χ1) is 9.92. The molecule has 0 saturated carbocycles. The van der Waals surface area contributed by atoms with Crippen LogP contribution in [0.25, 0.3) is 0 Å². The highest BCUT2D eigenvalue weighted by Gasteiger charge is 2.34. The van der Waals surface area contributed by atoms with E-state index in [0.717, 1.165) is 5.75 Å². The number of benzene rings is 1. The topological polar surface area (TPSA) is 63.4 Å². The molecule has 2 rings (SSSR count). The van der Waals surface area contributed by atoms with Gasteiger partial charge in [-0.1, -0.05) is 13.0 Å². The zero-order valence-corrected chi connectivity index (χ0v) is 14.9. The van der Waals surface area contributed by atoms with Gasteiger partial charge >= 0.3 is 0 Å². The Bertz CT molecular complexity index is 625. The van der Waals surface area contributed by atoms with Crippen molar-refractivity contribution in [3.8, 4) is 0 Å². The molecule has 1 fully saturated rings. The highest BCUT2D eigenvalue weighted by molar-refractivity contribution is 9.10. The minimum atomic E-state index is -3.27. The minimum absolute atomic E-state index is 0.0540. The molecular weight excluding hydrogens is 379 g/mol.